The zero-order chi connectivity index (χ0) is 10.1. The van der Waals surface area contributed by atoms with E-state index in [-0.39, 0.29) is 0 Å². The molecule has 0 N–H and O–H groups in total. The highest BCUT2D eigenvalue weighted by Crippen LogP contribution is 2.29. The number of thiazole rings is 1. The number of hydrogen-bond acceptors (Lipinski definition) is 2. The molecule has 0 atom stereocenters. The number of aryl methyl sites for hydroxylation is 2. The molecule has 72 valence electrons. The molecular weight excluding hydrogens is 214 g/mol. The maximum Gasteiger partial charge on any atom is 0.0843 e. The summed E-state index contributed by atoms with van der Waals surface area (Å²) < 4.78 is 0. The smallest absolute Gasteiger partial charge is 0.0843 e. The van der Waals surface area contributed by atoms with Crippen molar-refractivity contribution in [2.24, 2.45) is 0 Å². The van der Waals surface area contributed by atoms with Crippen molar-refractivity contribution in [3.63, 3.8) is 0 Å². The van der Waals surface area contributed by atoms with Crippen molar-refractivity contribution in [3.8, 4) is 11.3 Å². The van der Waals surface area contributed by atoms with E-state index in [0.717, 1.165) is 16.3 Å². The normalized spacial score (nSPS) is 10.5. The zero-order valence-corrected chi connectivity index (χ0v) is 9.62. The molecule has 1 aromatic heterocycles. The first-order chi connectivity index (χ1) is 6.68. The lowest BCUT2D eigenvalue weighted by Crippen LogP contribution is -1.84. The van der Waals surface area contributed by atoms with Gasteiger partial charge in [-0.3, -0.25) is 0 Å². The molecule has 0 radical (unpaired) electrons. The molecule has 1 nitrogen and oxygen atoms in total. The molecule has 2 rings (SSSR count). The van der Waals surface area contributed by atoms with Crippen LogP contribution < -0.4 is 0 Å². The van der Waals surface area contributed by atoms with Crippen molar-refractivity contribution in [2.75, 3.05) is 0 Å². The van der Waals surface area contributed by atoms with E-state index < -0.39 is 0 Å². The first-order valence-electron chi connectivity index (χ1n) is 4.35. The summed E-state index contributed by atoms with van der Waals surface area (Å²) in [4.78, 5) is 5.58. The van der Waals surface area contributed by atoms with Crippen molar-refractivity contribution in [2.45, 2.75) is 13.8 Å². The van der Waals surface area contributed by atoms with Crippen molar-refractivity contribution in [1.82, 2.24) is 4.98 Å². The van der Waals surface area contributed by atoms with Gasteiger partial charge in [0.15, 0.2) is 0 Å². The molecular formula is C11H10ClNS. The van der Waals surface area contributed by atoms with E-state index in [1.807, 2.05) is 23.7 Å². The van der Waals surface area contributed by atoms with E-state index in [9.17, 15) is 0 Å². The highest BCUT2D eigenvalue weighted by molar-refractivity contribution is 7.10. The van der Waals surface area contributed by atoms with Gasteiger partial charge in [-0.2, -0.15) is 0 Å². The molecule has 3 heteroatoms. The van der Waals surface area contributed by atoms with E-state index in [1.54, 1.807) is 11.3 Å². The van der Waals surface area contributed by atoms with E-state index >= 15 is 0 Å². The molecule has 0 unspecified atom stereocenters. The van der Waals surface area contributed by atoms with Crippen LogP contribution in [0.5, 0.6) is 0 Å². The van der Waals surface area contributed by atoms with Crippen LogP contribution in [0.1, 0.15) is 10.4 Å². The van der Waals surface area contributed by atoms with Gasteiger partial charge in [0.2, 0.25) is 0 Å². The standard InChI is InChI=1S/C11H10ClNS/c1-7-3-4-9(12)5-10(7)11-8(2)14-6-13-11/h3-6H,1-2H3. The summed E-state index contributed by atoms with van der Waals surface area (Å²) in [6.07, 6.45) is 0. The number of hydrogen-bond donors (Lipinski definition) is 0. The van der Waals surface area contributed by atoms with Gasteiger partial charge >= 0.3 is 0 Å². The Balaban J connectivity index is 2.62. The maximum atomic E-state index is 5.96. The molecule has 0 aliphatic carbocycles. The summed E-state index contributed by atoms with van der Waals surface area (Å²) in [7, 11) is 0. The van der Waals surface area contributed by atoms with Gasteiger partial charge in [0.25, 0.3) is 0 Å². The van der Waals surface area contributed by atoms with Gasteiger partial charge in [0.1, 0.15) is 0 Å². The van der Waals surface area contributed by atoms with Crippen molar-refractivity contribution >= 4 is 22.9 Å². The predicted octanol–water partition coefficient (Wildman–Crippen LogP) is 4.08. The molecule has 1 heterocycles. The van der Waals surface area contributed by atoms with E-state index in [2.05, 4.69) is 18.8 Å². The molecule has 0 amide bonds. The van der Waals surface area contributed by atoms with E-state index in [4.69, 9.17) is 11.6 Å². The zero-order valence-electron chi connectivity index (χ0n) is 8.04. The Morgan fingerprint density at radius 3 is 2.71 bits per heavy atom. The summed E-state index contributed by atoms with van der Waals surface area (Å²) in [5.74, 6) is 0. The fourth-order valence-electron chi connectivity index (χ4n) is 1.41. The Morgan fingerprint density at radius 1 is 1.29 bits per heavy atom. The molecule has 0 aliphatic rings. The lowest BCUT2D eigenvalue weighted by Gasteiger charge is -2.04. The second-order valence-corrected chi connectivity index (χ2v) is 4.71. The van der Waals surface area contributed by atoms with Crippen molar-refractivity contribution < 1.29 is 0 Å². The summed E-state index contributed by atoms with van der Waals surface area (Å²) in [5.41, 5.74) is 5.26. The third-order valence-electron chi connectivity index (χ3n) is 2.20. The van der Waals surface area contributed by atoms with Crippen LogP contribution in [0.3, 0.4) is 0 Å². The van der Waals surface area contributed by atoms with Crippen molar-refractivity contribution in [1.29, 1.82) is 0 Å². The minimum atomic E-state index is 0.762. The Morgan fingerprint density at radius 2 is 2.07 bits per heavy atom. The third-order valence-corrected chi connectivity index (χ3v) is 3.19. The van der Waals surface area contributed by atoms with Crippen molar-refractivity contribution in [3.05, 3.63) is 39.2 Å². The van der Waals surface area contributed by atoms with Gasteiger partial charge in [-0.05, 0) is 31.5 Å². The lowest BCUT2D eigenvalue weighted by molar-refractivity contribution is 1.34. The quantitative estimate of drug-likeness (QED) is 0.710. The largest absolute Gasteiger partial charge is 0.244 e. The Bertz CT molecular complexity index is 462. The van der Waals surface area contributed by atoms with Gasteiger partial charge in [-0.25, -0.2) is 4.98 Å². The molecule has 2 aromatic rings. The Labute approximate surface area is 92.4 Å². The van der Waals surface area contributed by atoms with Gasteiger partial charge in [-0.15, -0.1) is 11.3 Å². The van der Waals surface area contributed by atoms with Gasteiger partial charge in [-0.1, -0.05) is 17.7 Å². The average molecular weight is 224 g/mol. The fraction of sp³-hybridized carbons (Fsp3) is 0.182. The van der Waals surface area contributed by atoms with Gasteiger partial charge in [0, 0.05) is 15.5 Å². The van der Waals surface area contributed by atoms with Crippen LogP contribution >= 0.6 is 22.9 Å². The molecule has 14 heavy (non-hydrogen) atoms. The van der Waals surface area contributed by atoms with Crippen LogP contribution in [-0.2, 0) is 0 Å². The minimum absolute atomic E-state index is 0.762. The lowest BCUT2D eigenvalue weighted by atomic mass is 10.1. The van der Waals surface area contributed by atoms with E-state index in [1.165, 1.54) is 10.4 Å². The monoisotopic (exact) mass is 223 g/mol. The predicted molar refractivity (Wildman–Crippen MR) is 62.0 cm³/mol. The van der Waals surface area contributed by atoms with Gasteiger partial charge < -0.3 is 0 Å². The highest BCUT2D eigenvalue weighted by Gasteiger charge is 2.07. The molecule has 0 saturated heterocycles. The first kappa shape index (κ1) is 9.69. The number of aromatic nitrogens is 1. The average Bonchev–Trinajstić information content (AvgIpc) is 2.56. The van der Waals surface area contributed by atoms with Crippen LogP contribution in [0.25, 0.3) is 11.3 Å². The Kier molecular flexibility index (Phi) is 2.57. The minimum Gasteiger partial charge on any atom is -0.244 e. The topological polar surface area (TPSA) is 12.9 Å². The fourth-order valence-corrected chi connectivity index (χ4v) is 2.18. The molecule has 1 aromatic carbocycles. The molecule has 0 spiro atoms. The number of benzene rings is 1. The number of halogens is 1. The Hall–Kier alpha value is -0.860. The molecule has 0 saturated carbocycles. The first-order valence-corrected chi connectivity index (χ1v) is 5.61. The van der Waals surface area contributed by atoms with Crippen LogP contribution in [0.15, 0.2) is 23.7 Å². The molecule has 0 aliphatic heterocycles. The van der Waals surface area contributed by atoms with Crippen LogP contribution in [-0.4, -0.2) is 4.98 Å². The summed E-state index contributed by atoms with van der Waals surface area (Å²) in [6, 6.07) is 5.90. The second-order valence-electron chi connectivity index (χ2n) is 3.22. The summed E-state index contributed by atoms with van der Waals surface area (Å²) in [5, 5.41) is 0.762. The van der Waals surface area contributed by atoms with Crippen LogP contribution in [0, 0.1) is 13.8 Å². The molecule has 0 fully saturated rings. The van der Waals surface area contributed by atoms with E-state index in [0.29, 0.717) is 0 Å². The van der Waals surface area contributed by atoms with Gasteiger partial charge in [0.05, 0.1) is 11.2 Å². The highest BCUT2D eigenvalue weighted by atomic mass is 35.5. The summed E-state index contributed by atoms with van der Waals surface area (Å²) >= 11 is 7.62. The number of rotatable bonds is 1. The van der Waals surface area contributed by atoms with Crippen LogP contribution in [0.2, 0.25) is 5.02 Å². The van der Waals surface area contributed by atoms with Crippen LogP contribution in [0.4, 0.5) is 0 Å². The number of nitrogens with zero attached hydrogens (tertiary/aromatic N) is 1. The summed E-state index contributed by atoms with van der Waals surface area (Å²) in [6.45, 7) is 4.15. The maximum absolute atomic E-state index is 5.96. The third kappa shape index (κ3) is 1.68. The SMILES string of the molecule is Cc1ccc(Cl)cc1-c1ncsc1C. The molecule has 0 bridgehead atoms. The second kappa shape index (κ2) is 3.71.